The summed E-state index contributed by atoms with van der Waals surface area (Å²) in [6.07, 6.45) is -2.04. The average molecular weight is 308 g/mol. The number of hydrogen-bond donors (Lipinski definition) is 1. The lowest BCUT2D eigenvalue weighted by Crippen LogP contribution is -2.18. The van der Waals surface area contributed by atoms with Crippen LogP contribution in [0.15, 0.2) is 0 Å². The van der Waals surface area contributed by atoms with E-state index in [-0.39, 0.29) is 17.5 Å². The van der Waals surface area contributed by atoms with Crippen LogP contribution in [0.25, 0.3) is 0 Å². The Hall–Kier alpha value is -0.660. The Morgan fingerprint density at radius 3 is 2.60 bits per heavy atom. The van der Waals surface area contributed by atoms with Gasteiger partial charge in [0.2, 0.25) is 0 Å². The number of aromatic nitrogens is 1. The third kappa shape index (κ3) is 3.93. The number of alkyl halides is 3. The van der Waals surface area contributed by atoms with Crippen LogP contribution in [0.4, 0.5) is 13.2 Å². The fourth-order valence-corrected chi connectivity index (χ4v) is 3.11. The second kappa shape index (κ2) is 6.41. The van der Waals surface area contributed by atoms with Crippen LogP contribution in [0, 0.1) is 0 Å². The SMILES string of the molecule is CCOC(CC)c1nc(C(F)(F)F)c(CNC2CC2)s1. The first-order chi connectivity index (χ1) is 9.45. The molecule has 1 aliphatic carbocycles. The van der Waals surface area contributed by atoms with Crippen molar-refractivity contribution in [2.75, 3.05) is 6.61 Å². The topological polar surface area (TPSA) is 34.1 Å². The zero-order valence-electron chi connectivity index (χ0n) is 11.6. The van der Waals surface area contributed by atoms with Crippen LogP contribution >= 0.6 is 11.3 Å². The Kier molecular flexibility index (Phi) is 5.04. The summed E-state index contributed by atoms with van der Waals surface area (Å²) < 4.78 is 44.5. The first-order valence-electron chi connectivity index (χ1n) is 6.87. The van der Waals surface area contributed by atoms with Gasteiger partial charge in [-0.25, -0.2) is 4.98 Å². The Morgan fingerprint density at radius 1 is 1.40 bits per heavy atom. The van der Waals surface area contributed by atoms with Gasteiger partial charge in [0.25, 0.3) is 0 Å². The van der Waals surface area contributed by atoms with Gasteiger partial charge in [0.05, 0.1) is 4.88 Å². The molecule has 0 radical (unpaired) electrons. The second-order valence-corrected chi connectivity index (χ2v) is 5.94. The summed E-state index contributed by atoms with van der Waals surface area (Å²) in [5, 5.41) is 3.54. The van der Waals surface area contributed by atoms with Crippen molar-refractivity contribution in [3.63, 3.8) is 0 Å². The van der Waals surface area contributed by atoms with E-state index in [1.807, 2.05) is 13.8 Å². The van der Waals surface area contributed by atoms with Crippen molar-refractivity contribution in [1.29, 1.82) is 0 Å². The summed E-state index contributed by atoms with van der Waals surface area (Å²) in [5.74, 6) is 0. The molecule has 1 aromatic rings. The number of hydrogen-bond acceptors (Lipinski definition) is 4. The largest absolute Gasteiger partial charge is 0.434 e. The average Bonchev–Trinajstić information content (AvgIpc) is 3.10. The smallest absolute Gasteiger partial charge is 0.371 e. The highest BCUT2D eigenvalue weighted by atomic mass is 32.1. The summed E-state index contributed by atoms with van der Waals surface area (Å²) in [6, 6.07) is 0.371. The van der Waals surface area contributed by atoms with Gasteiger partial charge in [-0.15, -0.1) is 11.3 Å². The molecule has 1 saturated carbocycles. The normalized spacial score (nSPS) is 17.4. The number of rotatable bonds is 7. The Bertz CT molecular complexity index is 443. The lowest BCUT2D eigenvalue weighted by molar-refractivity contribution is -0.141. The van der Waals surface area contributed by atoms with Crippen LogP contribution in [0.1, 0.15) is 54.8 Å². The van der Waals surface area contributed by atoms with Crippen LogP contribution in [0.3, 0.4) is 0 Å². The molecule has 1 N–H and O–H groups in total. The third-order valence-corrected chi connectivity index (χ3v) is 4.27. The Morgan fingerprint density at radius 2 is 2.10 bits per heavy atom. The number of ether oxygens (including phenoxy) is 1. The lowest BCUT2D eigenvalue weighted by atomic mass is 10.3. The van der Waals surface area contributed by atoms with Gasteiger partial charge >= 0.3 is 6.18 Å². The molecule has 1 unspecified atom stereocenters. The highest BCUT2D eigenvalue weighted by Crippen LogP contribution is 2.37. The van der Waals surface area contributed by atoms with Crippen molar-refractivity contribution < 1.29 is 17.9 Å². The second-order valence-electron chi connectivity index (χ2n) is 4.83. The van der Waals surface area contributed by atoms with Crippen molar-refractivity contribution in [3.05, 3.63) is 15.6 Å². The molecule has 1 aromatic heterocycles. The van der Waals surface area contributed by atoms with Crippen LogP contribution in [-0.2, 0) is 17.5 Å². The van der Waals surface area contributed by atoms with Crippen molar-refractivity contribution >= 4 is 11.3 Å². The summed E-state index contributed by atoms with van der Waals surface area (Å²) in [4.78, 5) is 4.06. The van der Waals surface area contributed by atoms with Crippen LogP contribution < -0.4 is 5.32 Å². The molecular formula is C13H19F3N2OS. The van der Waals surface area contributed by atoms with E-state index in [0.717, 1.165) is 24.2 Å². The molecule has 0 amide bonds. The molecular weight excluding hydrogens is 289 g/mol. The zero-order chi connectivity index (χ0) is 14.8. The van der Waals surface area contributed by atoms with Gasteiger partial charge in [-0.05, 0) is 26.2 Å². The fraction of sp³-hybridized carbons (Fsp3) is 0.769. The maximum Gasteiger partial charge on any atom is 0.434 e. The maximum atomic E-state index is 13.0. The number of thiazole rings is 1. The van der Waals surface area contributed by atoms with E-state index in [0.29, 0.717) is 24.1 Å². The summed E-state index contributed by atoms with van der Waals surface area (Å²) in [6.45, 7) is 4.42. The van der Waals surface area contributed by atoms with Crippen LogP contribution in [0.5, 0.6) is 0 Å². The number of nitrogens with one attached hydrogen (secondary N) is 1. The molecule has 2 rings (SSSR count). The molecule has 0 saturated heterocycles. The van der Waals surface area contributed by atoms with Crippen LogP contribution in [-0.4, -0.2) is 17.6 Å². The first-order valence-corrected chi connectivity index (χ1v) is 7.69. The first kappa shape index (κ1) is 15.7. The van der Waals surface area contributed by atoms with E-state index in [1.165, 1.54) is 0 Å². The molecule has 3 nitrogen and oxygen atoms in total. The van der Waals surface area contributed by atoms with Gasteiger partial charge in [0.15, 0.2) is 5.69 Å². The van der Waals surface area contributed by atoms with E-state index < -0.39 is 11.9 Å². The molecule has 1 fully saturated rings. The van der Waals surface area contributed by atoms with E-state index in [1.54, 1.807) is 0 Å². The third-order valence-electron chi connectivity index (χ3n) is 3.13. The van der Waals surface area contributed by atoms with Crippen molar-refractivity contribution in [2.45, 2.75) is 58.0 Å². The molecule has 1 heterocycles. The minimum Gasteiger partial charge on any atom is -0.371 e. The van der Waals surface area contributed by atoms with Gasteiger partial charge < -0.3 is 10.1 Å². The van der Waals surface area contributed by atoms with Gasteiger partial charge in [-0.3, -0.25) is 0 Å². The Labute approximate surface area is 120 Å². The van der Waals surface area contributed by atoms with E-state index in [9.17, 15) is 13.2 Å². The maximum absolute atomic E-state index is 13.0. The molecule has 7 heteroatoms. The Balaban J connectivity index is 2.20. The zero-order valence-corrected chi connectivity index (χ0v) is 12.4. The van der Waals surface area contributed by atoms with Gasteiger partial charge in [-0.2, -0.15) is 13.2 Å². The molecule has 0 spiro atoms. The molecule has 114 valence electrons. The van der Waals surface area contributed by atoms with Crippen molar-refractivity contribution in [3.8, 4) is 0 Å². The minimum absolute atomic E-state index is 0.236. The molecule has 1 aliphatic rings. The summed E-state index contributed by atoms with van der Waals surface area (Å²) in [7, 11) is 0. The molecule has 1 atom stereocenters. The summed E-state index contributed by atoms with van der Waals surface area (Å²) >= 11 is 1.11. The van der Waals surface area contributed by atoms with E-state index in [4.69, 9.17) is 4.74 Å². The highest BCUT2D eigenvalue weighted by Gasteiger charge is 2.38. The molecule has 0 bridgehead atoms. The number of halogens is 3. The van der Waals surface area contributed by atoms with Crippen molar-refractivity contribution in [2.24, 2.45) is 0 Å². The highest BCUT2D eigenvalue weighted by molar-refractivity contribution is 7.11. The molecule has 0 aromatic carbocycles. The monoisotopic (exact) mass is 308 g/mol. The summed E-state index contributed by atoms with van der Waals surface area (Å²) in [5.41, 5.74) is -0.760. The minimum atomic E-state index is -4.40. The fourth-order valence-electron chi connectivity index (χ4n) is 1.94. The quantitative estimate of drug-likeness (QED) is 0.829. The van der Waals surface area contributed by atoms with Gasteiger partial charge in [0.1, 0.15) is 11.1 Å². The van der Waals surface area contributed by atoms with Gasteiger partial charge in [-0.1, -0.05) is 6.92 Å². The van der Waals surface area contributed by atoms with Gasteiger partial charge in [0, 0.05) is 19.2 Å². The van der Waals surface area contributed by atoms with E-state index >= 15 is 0 Å². The lowest BCUT2D eigenvalue weighted by Gasteiger charge is -2.11. The standard InChI is InChI=1S/C13H19F3N2OS/c1-3-9(19-4-2)12-18-11(13(14,15)16)10(20-12)7-17-8-5-6-8/h8-9,17H,3-7H2,1-2H3. The molecule has 20 heavy (non-hydrogen) atoms. The van der Waals surface area contributed by atoms with E-state index in [2.05, 4.69) is 10.3 Å². The van der Waals surface area contributed by atoms with Crippen molar-refractivity contribution in [1.82, 2.24) is 10.3 Å². The predicted octanol–water partition coefficient (Wildman–Crippen LogP) is 3.90. The van der Waals surface area contributed by atoms with Crippen LogP contribution in [0.2, 0.25) is 0 Å². The predicted molar refractivity (Wildman–Crippen MR) is 71.6 cm³/mol. The molecule has 0 aliphatic heterocycles. The number of nitrogens with zero attached hydrogens (tertiary/aromatic N) is 1.